The first-order valence-electron chi connectivity index (χ1n) is 18.4. The first-order valence-corrected chi connectivity index (χ1v) is 18.4. The molecule has 10 rings (SSSR count). The Morgan fingerprint density at radius 3 is 1.07 bits per heavy atom. The van der Waals surface area contributed by atoms with E-state index in [1.807, 2.05) is 54.6 Å². The van der Waals surface area contributed by atoms with Gasteiger partial charge < -0.3 is 4.42 Å². The molecule has 0 aliphatic heterocycles. The van der Waals surface area contributed by atoms with Crippen LogP contribution in [0.5, 0.6) is 0 Å². The number of hydrogen-bond acceptors (Lipinski definition) is 4. The molecule has 0 saturated carbocycles. The first kappa shape index (κ1) is 32.2. The van der Waals surface area contributed by atoms with E-state index in [-0.39, 0.29) is 0 Å². The molecule has 4 nitrogen and oxygen atoms in total. The van der Waals surface area contributed by atoms with Gasteiger partial charge in [0.2, 0.25) is 0 Å². The van der Waals surface area contributed by atoms with Gasteiger partial charge in [0.05, 0.1) is 0 Å². The molecule has 0 bridgehead atoms. The standard InChI is InChI=1S/C51H33N3O/c1-4-10-34(11-5-1)36-16-18-38(19-17-36)39-24-26-42(27-25-39)50-52-49(41-14-8-3-9-15-41)53-51(54-50)44-29-31-47-46(32-44)45-30-28-43(33-48(45)55-47)40-22-20-37(21-23-40)35-12-6-2-7-13-35/h1-33H. The fraction of sp³-hybridized carbons (Fsp3) is 0. The number of rotatable bonds is 7. The van der Waals surface area contributed by atoms with Gasteiger partial charge in [-0.1, -0.05) is 170 Å². The zero-order valence-electron chi connectivity index (χ0n) is 29.8. The van der Waals surface area contributed by atoms with Gasteiger partial charge in [0.15, 0.2) is 17.5 Å². The largest absolute Gasteiger partial charge is 0.456 e. The average molecular weight is 704 g/mol. The predicted molar refractivity (Wildman–Crippen MR) is 225 cm³/mol. The van der Waals surface area contributed by atoms with Crippen molar-refractivity contribution in [3.05, 3.63) is 200 Å². The Balaban J connectivity index is 0.984. The van der Waals surface area contributed by atoms with Crippen LogP contribution in [0.4, 0.5) is 0 Å². The van der Waals surface area contributed by atoms with Crippen molar-refractivity contribution in [3.63, 3.8) is 0 Å². The van der Waals surface area contributed by atoms with E-state index in [1.54, 1.807) is 0 Å². The third kappa shape index (κ3) is 6.36. The first-order chi connectivity index (χ1) is 27.2. The number of fused-ring (bicyclic) bond motifs is 3. The van der Waals surface area contributed by atoms with Crippen LogP contribution in [0.15, 0.2) is 205 Å². The molecular weight excluding hydrogens is 671 g/mol. The number of nitrogens with zero attached hydrogens (tertiary/aromatic N) is 3. The Kier molecular flexibility index (Phi) is 8.12. The van der Waals surface area contributed by atoms with Gasteiger partial charge in [0.25, 0.3) is 0 Å². The van der Waals surface area contributed by atoms with Crippen LogP contribution in [0.2, 0.25) is 0 Å². The van der Waals surface area contributed by atoms with Crippen LogP contribution < -0.4 is 0 Å². The van der Waals surface area contributed by atoms with Crippen molar-refractivity contribution in [3.8, 4) is 78.7 Å². The lowest BCUT2D eigenvalue weighted by molar-refractivity contribution is 0.669. The van der Waals surface area contributed by atoms with Crippen molar-refractivity contribution in [2.75, 3.05) is 0 Å². The monoisotopic (exact) mass is 703 g/mol. The second-order valence-electron chi connectivity index (χ2n) is 13.7. The summed E-state index contributed by atoms with van der Waals surface area (Å²) >= 11 is 0. The van der Waals surface area contributed by atoms with E-state index in [2.05, 4.69) is 146 Å². The van der Waals surface area contributed by atoms with Gasteiger partial charge in [0, 0.05) is 27.5 Å². The van der Waals surface area contributed by atoms with Crippen molar-refractivity contribution >= 4 is 21.9 Å². The molecule has 0 aliphatic carbocycles. The maximum Gasteiger partial charge on any atom is 0.164 e. The molecule has 8 aromatic carbocycles. The molecule has 2 aromatic heterocycles. The molecule has 2 heterocycles. The molecule has 0 spiro atoms. The van der Waals surface area contributed by atoms with Crippen LogP contribution in [0, 0.1) is 0 Å². The number of furan rings is 1. The SMILES string of the molecule is c1ccc(-c2ccc(-c3ccc(-c4nc(-c5ccccc5)nc(-c5ccc6oc7cc(-c8ccc(-c9ccccc9)cc8)ccc7c6c5)n4)cc3)cc2)cc1. The van der Waals surface area contributed by atoms with Crippen LogP contribution in [-0.2, 0) is 0 Å². The number of benzene rings is 8. The second-order valence-corrected chi connectivity index (χ2v) is 13.7. The van der Waals surface area contributed by atoms with Gasteiger partial charge in [-0.3, -0.25) is 0 Å². The lowest BCUT2D eigenvalue weighted by Crippen LogP contribution is -2.00. The highest BCUT2D eigenvalue weighted by Crippen LogP contribution is 2.36. The molecule has 258 valence electrons. The Morgan fingerprint density at radius 2 is 0.582 bits per heavy atom. The van der Waals surface area contributed by atoms with Gasteiger partial charge in [-0.25, -0.2) is 15.0 Å². The van der Waals surface area contributed by atoms with Crippen molar-refractivity contribution in [2.45, 2.75) is 0 Å². The molecule has 10 aromatic rings. The van der Waals surface area contributed by atoms with Crippen LogP contribution in [0.3, 0.4) is 0 Å². The van der Waals surface area contributed by atoms with Crippen molar-refractivity contribution < 1.29 is 4.42 Å². The Bertz CT molecular complexity index is 2920. The second kappa shape index (κ2) is 13.8. The van der Waals surface area contributed by atoms with Crippen LogP contribution in [0.1, 0.15) is 0 Å². The van der Waals surface area contributed by atoms with Gasteiger partial charge in [0.1, 0.15) is 11.2 Å². The summed E-state index contributed by atoms with van der Waals surface area (Å²) < 4.78 is 6.41. The lowest BCUT2D eigenvalue weighted by Gasteiger charge is -2.09. The van der Waals surface area contributed by atoms with E-state index in [1.165, 1.54) is 22.3 Å². The van der Waals surface area contributed by atoms with Crippen molar-refractivity contribution in [1.82, 2.24) is 15.0 Å². The molecule has 0 unspecified atom stereocenters. The molecule has 0 N–H and O–H groups in total. The van der Waals surface area contributed by atoms with Gasteiger partial charge in [-0.15, -0.1) is 0 Å². The van der Waals surface area contributed by atoms with E-state index >= 15 is 0 Å². The van der Waals surface area contributed by atoms with Crippen molar-refractivity contribution in [1.29, 1.82) is 0 Å². The molecule has 55 heavy (non-hydrogen) atoms. The Hall–Kier alpha value is -7.43. The average Bonchev–Trinajstić information content (AvgIpc) is 3.65. The summed E-state index contributed by atoms with van der Waals surface area (Å²) in [5, 5.41) is 2.07. The molecule has 0 fully saturated rings. The summed E-state index contributed by atoms with van der Waals surface area (Å²) in [5.41, 5.74) is 13.7. The summed E-state index contributed by atoms with van der Waals surface area (Å²) in [6.45, 7) is 0. The zero-order chi connectivity index (χ0) is 36.6. The van der Waals surface area contributed by atoms with Crippen molar-refractivity contribution in [2.24, 2.45) is 0 Å². The molecular formula is C51H33N3O. The lowest BCUT2D eigenvalue weighted by atomic mass is 9.99. The van der Waals surface area contributed by atoms with Gasteiger partial charge in [-0.2, -0.15) is 0 Å². The Labute approximate surface area is 319 Å². The highest BCUT2D eigenvalue weighted by molar-refractivity contribution is 6.07. The summed E-state index contributed by atoms with van der Waals surface area (Å²) in [5.74, 6) is 1.85. The third-order valence-electron chi connectivity index (χ3n) is 10.2. The number of hydrogen-bond donors (Lipinski definition) is 0. The quantitative estimate of drug-likeness (QED) is 0.166. The highest BCUT2D eigenvalue weighted by Gasteiger charge is 2.16. The minimum absolute atomic E-state index is 0.607. The summed E-state index contributed by atoms with van der Waals surface area (Å²) in [7, 11) is 0. The van der Waals surface area contributed by atoms with E-state index in [9.17, 15) is 0 Å². The van der Waals surface area contributed by atoms with Crippen LogP contribution in [0.25, 0.3) is 101 Å². The minimum Gasteiger partial charge on any atom is -0.456 e. The fourth-order valence-corrected chi connectivity index (χ4v) is 7.23. The predicted octanol–water partition coefficient (Wildman–Crippen LogP) is 13.4. The van der Waals surface area contributed by atoms with Crippen LogP contribution >= 0.6 is 0 Å². The molecule has 4 heteroatoms. The minimum atomic E-state index is 0.607. The van der Waals surface area contributed by atoms with E-state index in [4.69, 9.17) is 19.4 Å². The zero-order valence-corrected chi connectivity index (χ0v) is 29.8. The van der Waals surface area contributed by atoms with E-state index in [0.29, 0.717) is 17.5 Å². The molecule has 0 amide bonds. The summed E-state index contributed by atoms with van der Waals surface area (Å²) in [6.07, 6.45) is 0. The maximum atomic E-state index is 6.41. The maximum absolute atomic E-state index is 6.41. The van der Waals surface area contributed by atoms with Crippen LogP contribution in [-0.4, -0.2) is 15.0 Å². The van der Waals surface area contributed by atoms with Gasteiger partial charge in [-0.05, 0) is 74.8 Å². The Morgan fingerprint density at radius 1 is 0.236 bits per heavy atom. The normalized spacial score (nSPS) is 11.3. The highest BCUT2D eigenvalue weighted by atomic mass is 16.3. The summed E-state index contributed by atoms with van der Waals surface area (Å²) in [6, 6.07) is 69.4. The smallest absolute Gasteiger partial charge is 0.164 e. The molecule has 0 radical (unpaired) electrons. The van der Waals surface area contributed by atoms with E-state index in [0.717, 1.165) is 60.9 Å². The molecule has 0 aliphatic rings. The number of aromatic nitrogens is 3. The molecule has 0 atom stereocenters. The van der Waals surface area contributed by atoms with E-state index < -0.39 is 0 Å². The molecule has 0 saturated heterocycles. The fourth-order valence-electron chi connectivity index (χ4n) is 7.23. The summed E-state index contributed by atoms with van der Waals surface area (Å²) in [4.78, 5) is 15.0. The topological polar surface area (TPSA) is 51.8 Å². The van der Waals surface area contributed by atoms with Gasteiger partial charge >= 0.3 is 0 Å². The third-order valence-corrected chi connectivity index (χ3v) is 10.2.